The topological polar surface area (TPSA) is 86.5 Å². The number of rotatable bonds is 10. The third kappa shape index (κ3) is 6.33. The van der Waals surface area contributed by atoms with E-state index in [9.17, 15) is 4.79 Å². The van der Waals surface area contributed by atoms with Gasteiger partial charge in [0.25, 0.3) is 5.22 Å². The number of benzene rings is 2. The monoisotopic (exact) mass is 427 g/mol. The number of aromatic nitrogens is 2. The summed E-state index contributed by atoms with van der Waals surface area (Å²) in [5.74, 6) is 1.24. The van der Waals surface area contributed by atoms with E-state index in [0.717, 1.165) is 22.4 Å². The van der Waals surface area contributed by atoms with Crippen LogP contribution in [0.2, 0.25) is 0 Å². The molecule has 3 aromatic rings. The van der Waals surface area contributed by atoms with Gasteiger partial charge in [-0.25, -0.2) is 0 Å². The number of hydrogen-bond acceptors (Lipinski definition) is 7. The van der Waals surface area contributed by atoms with E-state index in [1.807, 2.05) is 62.4 Å². The molecule has 0 radical (unpaired) electrons. The van der Waals surface area contributed by atoms with Crippen LogP contribution in [0.3, 0.4) is 0 Å². The first-order valence-corrected chi connectivity index (χ1v) is 10.6. The van der Waals surface area contributed by atoms with Crippen LogP contribution in [0.5, 0.6) is 5.75 Å². The molecule has 0 aliphatic rings. The Balaban J connectivity index is 1.49. The molecular formula is C22H25N3O4S. The Bertz CT molecular complexity index is 957. The van der Waals surface area contributed by atoms with Gasteiger partial charge in [-0.1, -0.05) is 36.0 Å². The fourth-order valence-electron chi connectivity index (χ4n) is 2.62. The molecule has 0 saturated carbocycles. The molecule has 3 rings (SSSR count). The molecule has 0 bridgehead atoms. The van der Waals surface area contributed by atoms with Gasteiger partial charge in [0, 0.05) is 12.1 Å². The van der Waals surface area contributed by atoms with Crippen molar-refractivity contribution in [2.45, 2.75) is 38.3 Å². The summed E-state index contributed by atoms with van der Waals surface area (Å²) in [4.78, 5) is 12.2. The van der Waals surface area contributed by atoms with E-state index in [0.29, 0.717) is 24.3 Å². The molecule has 1 aromatic heterocycles. The van der Waals surface area contributed by atoms with E-state index in [-0.39, 0.29) is 17.8 Å². The van der Waals surface area contributed by atoms with Crippen molar-refractivity contribution >= 4 is 17.7 Å². The van der Waals surface area contributed by atoms with Gasteiger partial charge in [-0.3, -0.25) is 4.79 Å². The number of nitrogens with one attached hydrogen (secondary N) is 1. The van der Waals surface area contributed by atoms with Crippen molar-refractivity contribution in [3.05, 3.63) is 59.7 Å². The molecule has 1 N–H and O–H groups in total. The molecule has 30 heavy (non-hydrogen) atoms. The third-order valence-corrected chi connectivity index (χ3v) is 5.06. The number of ether oxygens (including phenoxy) is 2. The van der Waals surface area contributed by atoms with Crippen LogP contribution in [0.1, 0.15) is 25.0 Å². The van der Waals surface area contributed by atoms with Crippen LogP contribution in [0, 0.1) is 0 Å². The van der Waals surface area contributed by atoms with Crippen molar-refractivity contribution in [2.75, 3.05) is 12.9 Å². The molecule has 158 valence electrons. The van der Waals surface area contributed by atoms with Crippen LogP contribution < -0.4 is 10.1 Å². The second-order valence-electron chi connectivity index (χ2n) is 6.80. The fraction of sp³-hybridized carbons (Fsp3) is 0.318. The number of methoxy groups -OCH3 is 1. The molecule has 1 amide bonds. The Kier molecular flexibility index (Phi) is 7.87. The molecule has 0 fully saturated rings. The normalized spacial score (nSPS) is 10.9. The first-order chi connectivity index (χ1) is 14.5. The molecule has 0 aliphatic heterocycles. The summed E-state index contributed by atoms with van der Waals surface area (Å²) in [7, 11) is 1.61. The highest BCUT2D eigenvalue weighted by atomic mass is 32.2. The zero-order chi connectivity index (χ0) is 21.3. The van der Waals surface area contributed by atoms with Crippen LogP contribution in [0.4, 0.5) is 0 Å². The molecule has 0 spiro atoms. The maximum absolute atomic E-state index is 12.2. The highest BCUT2D eigenvalue weighted by molar-refractivity contribution is 7.99. The largest absolute Gasteiger partial charge is 0.497 e. The SMILES string of the molecule is COc1ccc(-c2nnc(SCC(=O)NCc3ccccc3COC(C)C)o2)cc1. The highest BCUT2D eigenvalue weighted by Gasteiger charge is 2.12. The number of hydrogen-bond donors (Lipinski definition) is 1. The molecule has 7 nitrogen and oxygen atoms in total. The van der Waals surface area contributed by atoms with E-state index >= 15 is 0 Å². The van der Waals surface area contributed by atoms with Gasteiger partial charge in [0.2, 0.25) is 11.8 Å². The van der Waals surface area contributed by atoms with Crippen LogP contribution in [-0.4, -0.2) is 35.1 Å². The molecule has 1 heterocycles. The van der Waals surface area contributed by atoms with Crippen molar-refractivity contribution in [1.82, 2.24) is 15.5 Å². The van der Waals surface area contributed by atoms with E-state index in [1.54, 1.807) is 7.11 Å². The molecule has 0 aliphatic carbocycles. The maximum atomic E-state index is 12.2. The molecule has 0 unspecified atom stereocenters. The average molecular weight is 428 g/mol. The van der Waals surface area contributed by atoms with Gasteiger partial charge < -0.3 is 19.2 Å². The fourth-order valence-corrected chi connectivity index (χ4v) is 3.21. The smallest absolute Gasteiger partial charge is 0.277 e. The quantitative estimate of drug-likeness (QED) is 0.488. The maximum Gasteiger partial charge on any atom is 0.277 e. The zero-order valence-corrected chi connectivity index (χ0v) is 18.1. The molecular weight excluding hydrogens is 402 g/mol. The number of thioether (sulfide) groups is 1. The molecule has 2 aromatic carbocycles. The van der Waals surface area contributed by atoms with Crippen molar-refractivity contribution in [3.63, 3.8) is 0 Å². The number of amides is 1. The van der Waals surface area contributed by atoms with Gasteiger partial charge in [0.05, 0.1) is 25.6 Å². The highest BCUT2D eigenvalue weighted by Crippen LogP contribution is 2.24. The summed E-state index contributed by atoms with van der Waals surface area (Å²) in [6.45, 7) is 4.96. The van der Waals surface area contributed by atoms with Crippen molar-refractivity contribution in [1.29, 1.82) is 0 Å². The Morgan fingerprint density at radius 3 is 2.53 bits per heavy atom. The number of carbonyl (C=O) groups is 1. The third-order valence-electron chi connectivity index (χ3n) is 4.24. The summed E-state index contributed by atoms with van der Waals surface area (Å²) >= 11 is 1.20. The van der Waals surface area contributed by atoms with Gasteiger partial charge in [0.15, 0.2) is 0 Å². The summed E-state index contributed by atoms with van der Waals surface area (Å²) in [6, 6.07) is 15.3. The van der Waals surface area contributed by atoms with E-state index in [1.165, 1.54) is 11.8 Å². The Hall–Kier alpha value is -2.84. The van der Waals surface area contributed by atoms with Crippen molar-refractivity contribution in [2.24, 2.45) is 0 Å². The Morgan fingerprint density at radius 1 is 1.10 bits per heavy atom. The van der Waals surface area contributed by atoms with Gasteiger partial charge in [-0.05, 0) is 49.2 Å². The minimum atomic E-state index is -0.108. The van der Waals surface area contributed by atoms with Gasteiger partial charge in [-0.15, -0.1) is 10.2 Å². The molecule has 8 heteroatoms. The second-order valence-corrected chi connectivity index (χ2v) is 7.72. The van der Waals surface area contributed by atoms with E-state index in [2.05, 4.69) is 15.5 Å². The molecule has 0 atom stereocenters. The van der Waals surface area contributed by atoms with Crippen molar-refractivity contribution in [3.8, 4) is 17.2 Å². The first kappa shape index (κ1) is 21.9. The average Bonchev–Trinajstić information content (AvgIpc) is 3.24. The predicted molar refractivity (Wildman–Crippen MR) is 115 cm³/mol. The summed E-state index contributed by atoms with van der Waals surface area (Å²) in [5.41, 5.74) is 2.90. The van der Waals surface area contributed by atoms with Crippen LogP contribution >= 0.6 is 11.8 Å². The lowest BCUT2D eigenvalue weighted by Gasteiger charge is -2.12. The standard InChI is InChI=1S/C22H25N3O4S/c1-15(2)28-13-18-7-5-4-6-17(18)12-23-20(26)14-30-22-25-24-21(29-22)16-8-10-19(27-3)11-9-16/h4-11,15H,12-14H2,1-3H3,(H,23,26). The number of nitrogens with zero attached hydrogens (tertiary/aromatic N) is 2. The van der Waals surface area contributed by atoms with Crippen LogP contribution in [-0.2, 0) is 22.7 Å². The second kappa shape index (κ2) is 10.8. The minimum absolute atomic E-state index is 0.108. The minimum Gasteiger partial charge on any atom is -0.497 e. The van der Waals surface area contributed by atoms with E-state index in [4.69, 9.17) is 13.9 Å². The van der Waals surface area contributed by atoms with Gasteiger partial charge in [0.1, 0.15) is 5.75 Å². The molecule has 0 saturated heterocycles. The lowest BCUT2D eigenvalue weighted by molar-refractivity contribution is -0.118. The zero-order valence-electron chi connectivity index (χ0n) is 17.3. The summed E-state index contributed by atoms with van der Waals surface area (Å²) < 4.78 is 16.5. The van der Waals surface area contributed by atoms with Crippen LogP contribution in [0.25, 0.3) is 11.5 Å². The predicted octanol–water partition coefficient (Wildman–Crippen LogP) is 4.08. The first-order valence-electron chi connectivity index (χ1n) is 9.61. The van der Waals surface area contributed by atoms with Crippen LogP contribution in [0.15, 0.2) is 58.2 Å². The summed E-state index contributed by atoms with van der Waals surface area (Å²) in [6.07, 6.45) is 0.154. The van der Waals surface area contributed by atoms with Gasteiger partial charge in [-0.2, -0.15) is 0 Å². The lowest BCUT2D eigenvalue weighted by Crippen LogP contribution is -2.25. The van der Waals surface area contributed by atoms with Crippen molar-refractivity contribution < 1.29 is 18.7 Å². The summed E-state index contributed by atoms with van der Waals surface area (Å²) in [5, 5.41) is 11.3. The van der Waals surface area contributed by atoms with Gasteiger partial charge >= 0.3 is 0 Å². The lowest BCUT2D eigenvalue weighted by atomic mass is 10.1. The number of carbonyl (C=O) groups excluding carboxylic acids is 1. The Labute approximate surface area is 180 Å². The Morgan fingerprint density at radius 2 is 1.83 bits per heavy atom. The van der Waals surface area contributed by atoms with E-state index < -0.39 is 0 Å².